The number of hydrogen-bond acceptors (Lipinski definition) is 4. The van der Waals surface area contributed by atoms with Gasteiger partial charge >= 0.3 is 0 Å². The third kappa shape index (κ3) is 7.09. The summed E-state index contributed by atoms with van der Waals surface area (Å²) in [6.07, 6.45) is 9.88. The molecule has 0 aliphatic carbocycles. The lowest BCUT2D eigenvalue weighted by molar-refractivity contribution is 0.112. The van der Waals surface area contributed by atoms with Crippen molar-refractivity contribution in [3.8, 4) is 0 Å². The number of aromatic nitrogens is 2. The molecule has 1 aliphatic rings. The van der Waals surface area contributed by atoms with Gasteiger partial charge in [0.05, 0.1) is 6.61 Å². The number of nitrogens with zero attached hydrogens (tertiary/aromatic N) is 4. The molecular formula is C24H37ClN4O. The molecule has 30 heavy (non-hydrogen) atoms. The third-order valence-electron chi connectivity index (χ3n) is 5.95. The summed E-state index contributed by atoms with van der Waals surface area (Å²) in [4.78, 5) is 9.46. The van der Waals surface area contributed by atoms with Crippen molar-refractivity contribution < 1.29 is 4.74 Å². The number of piperidine rings is 1. The maximum atomic E-state index is 6.28. The molecule has 1 saturated heterocycles. The fourth-order valence-electron chi connectivity index (χ4n) is 4.17. The van der Waals surface area contributed by atoms with Crippen LogP contribution in [0.5, 0.6) is 0 Å². The number of ether oxygens (including phenoxy) is 1. The lowest BCUT2D eigenvalue weighted by Crippen LogP contribution is -2.39. The molecule has 1 fully saturated rings. The second kappa shape index (κ2) is 11.8. The minimum atomic E-state index is 0.531. The predicted octanol–water partition coefficient (Wildman–Crippen LogP) is 4.47. The smallest absolute Gasteiger partial charge is 0.113 e. The highest BCUT2D eigenvalue weighted by Crippen LogP contribution is 2.21. The molecule has 0 bridgehead atoms. The molecule has 1 aromatic carbocycles. The number of halogens is 1. The zero-order valence-corrected chi connectivity index (χ0v) is 19.6. The Kier molecular flexibility index (Phi) is 9.19. The van der Waals surface area contributed by atoms with E-state index in [1.807, 2.05) is 18.3 Å². The standard InChI is InChI=1S/C24H37ClN4O/c1-20(28-12-5-4-6-13-28)18-29-14-10-26-24(29)17-21-8-9-23(25)16-22(21)19-30-15-7-11-27(2)3/h8-10,14,16,20H,4-7,11-13,15,17-19H2,1-3H3. The Morgan fingerprint density at radius 1 is 1.17 bits per heavy atom. The van der Waals surface area contributed by atoms with Crippen molar-refractivity contribution in [1.29, 1.82) is 0 Å². The van der Waals surface area contributed by atoms with Crippen LogP contribution in [0, 0.1) is 0 Å². The van der Waals surface area contributed by atoms with Gasteiger partial charge in [-0.25, -0.2) is 4.98 Å². The van der Waals surface area contributed by atoms with Gasteiger partial charge in [-0.15, -0.1) is 0 Å². The molecule has 1 aliphatic heterocycles. The van der Waals surface area contributed by atoms with Crippen LogP contribution in [0.2, 0.25) is 5.02 Å². The second-order valence-corrected chi connectivity index (χ2v) is 9.18. The Morgan fingerprint density at radius 2 is 1.97 bits per heavy atom. The van der Waals surface area contributed by atoms with Crippen molar-refractivity contribution in [3.63, 3.8) is 0 Å². The highest BCUT2D eigenvalue weighted by atomic mass is 35.5. The lowest BCUT2D eigenvalue weighted by atomic mass is 10.0. The summed E-state index contributed by atoms with van der Waals surface area (Å²) >= 11 is 6.28. The Hall–Kier alpha value is -1.40. The Labute approximate surface area is 187 Å². The normalized spacial score (nSPS) is 16.3. The summed E-state index contributed by atoms with van der Waals surface area (Å²) in [5.74, 6) is 1.11. The molecule has 2 aromatic rings. The van der Waals surface area contributed by atoms with Crippen molar-refractivity contribution in [3.05, 3.63) is 52.6 Å². The van der Waals surface area contributed by atoms with Crippen LogP contribution >= 0.6 is 11.6 Å². The number of imidazole rings is 1. The first-order valence-electron chi connectivity index (χ1n) is 11.3. The van der Waals surface area contributed by atoms with Crippen LogP contribution in [0.25, 0.3) is 0 Å². The molecular weight excluding hydrogens is 396 g/mol. The zero-order chi connectivity index (χ0) is 21.3. The summed E-state index contributed by atoms with van der Waals surface area (Å²) in [7, 11) is 4.17. The quantitative estimate of drug-likeness (QED) is 0.490. The summed E-state index contributed by atoms with van der Waals surface area (Å²) in [5, 5.41) is 0.757. The lowest BCUT2D eigenvalue weighted by Gasteiger charge is -2.32. The molecule has 166 valence electrons. The fraction of sp³-hybridized carbons (Fsp3) is 0.625. The van der Waals surface area contributed by atoms with Gasteiger partial charge in [0.25, 0.3) is 0 Å². The highest BCUT2D eigenvalue weighted by Gasteiger charge is 2.18. The van der Waals surface area contributed by atoms with E-state index in [4.69, 9.17) is 16.3 Å². The van der Waals surface area contributed by atoms with Gasteiger partial charge in [-0.05, 0) is 83.2 Å². The van der Waals surface area contributed by atoms with Gasteiger partial charge in [-0.2, -0.15) is 0 Å². The van der Waals surface area contributed by atoms with E-state index in [1.165, 1.54) is 37.9 Å². The van der Waals surface area contributed by atoms with E-state index in [0.29, 0.717) is 12.6 Å². The van der Waals surface area contributed by atoms with Crippen molar-refractivity contribution in [1.82, 2.24) is 19.4 Å². The van der Waals surface area contributed by atoms with Gasteiger partial charge in [-0.3, -0.25) is 4.90 Å². The molecule has 1 atom stereocenters. The SMILES string of the molecule is CC(Cn1ccnc1Cc1ccc(Cl)cc1COCCCN(C)C)N1CCCCC1. The average Bonchev–Trinajstić information content (AvgIpc) is 3.16. The van der Waals surface area contributed by atoms with Crippen LogP contribution in [-0.4, -0.2) is 65.7 Å². The van der Waals surface area contributed by atoms with Gasteiger partial charge in [0.1, 0.15) is 5.82 Å². The van der Waals surface area contributed by atoms with Crippen LogP contribution in [0.1, 0.15) is 49.6 Å². The maximum Gasteiger partial charge on any atom is 0.113 e. The van der Waals surface area contributed by atoms with E-state index in [9.17, 15) is 0 Å². The first-order chi connectivity index (χ1) is 14.5. The average molecular weight is 433 g/mol. The van der Waals surface area contributed by atoms with E-state index < -0.39 is 0 Å². The molecule has 0 saturated carbocycles. The topological polar surface area (TPSA) is 33.5 Å². The van der Waals surface area contributed by atoms with Crippen molar-refractivity contribution in [2.75, 3.05) is 40.3 Å². The maximum absolute atomic E-state index is 6.28. The van der Waals surface area contributed by atoms with E-state index >= 15 is 0 Å². The molecule has 2 heterocycles. The molecule has 0 radical (unpaired) electrons. The summed E-state index contributed by atoms with van der Waals surface area (Å²) < 4.78 is 8.25. The highest BCUT2D eigenvalue weighted by molar-refractivity contribution is 6.30. The Bertz CT molecular complexity index is 770. The van der Waals surface area contributed by atoms with Crippen molar-refractivity contribution >= 4 is 11.6 Å². The summed E-state index contributed by atoms with van der Waals surface area (Å²) in [6, 6.07) is 6.65. The summed E-state index contributed by atoms with van der Waals surface area (Å²) in [5.41, 5.74) is 2.40. The minimum absolute atomic E-state index is 0.531. The van der Waals surface area contributed by atoms with Crippen LogP contribution in [0.4, 0.5) is 0 Å². The minimum Gasteiger partial charge on any atom is -0.377 e. The van der Waals surface area contributed by atoms with Crippen LogP contribution < -0.4 is 0 Å². The Morgan fingerprint density at radius 3 is 2.73 bits per heavy atom. The van der Waals surface area contributed by atoms with E-state index in [-0.39, 0.29) is 0 Å². The number of benzene rings is 1. The second-order valence-electron chi connectivity index (χ2n) is 8.74. The molecule has 1 unspecified atom stereocenters. The molecule has 1 aromatic heterocycles. The van der Waals surface area contributed by atoms with Gasteiger partial charge in [0.2, 0.25) is 0 Å². The summed E-state index contributed by atoms with van der Waals surface area (Å²) in [6.45, 7) is 8.15. The molecule has 0 spiro atoms. The number of hydrogen-bond donors (Lipinski definition) is 0. The van der Waals surface area contributed by atoms with E-state index in [2.05, 4.69) is 52.6 Å². The number of rotatable bonds is 11. The van der Waals surface area contributed by atoms with Gasteiger partial charge < -0.3 is 14.2 Å². The van der Waals surface area contributed by atoms with Gasteiger partial charge in [-0.1, -0.05) is 24.1 Å². The number of likely N-dealkylation sites (tertiary alicyclic amines) is 1. The first kappa shape index (κ1) is 23.3. The van der Waals surface area contributed by atoms with Crippen LogP contribution in [0.3, 0.4) is 0 Å². The van der Waals surface area contributed by atoms with Gasteiger partial charge in [0, 0.05) is 43.0 Å². The van der Waals surface area contributed by atoms with Gasteiger partial charge in [0.15, 0.2) is 0 Å². The predicted molar refractivity (Wildman–Crippen MR) is 124 cm³/mol. The molecule has 0 N–H and O–H groups in total. The molecule has 5 nitrogen and oxygen atoms in total. The largest absolute Gasteiger partial charge is 0.377 e. The fourth-order valence-corrected chi connectivity index (χ4v) is 4.36. The molecule has 0 amide bonds. The van der Waals surface area contributed by atoms with Crippen LogP contribution in [-0.2, 0) is 24.3 Å². The van der Waals surface area contributed by atoms with Crippen molar-refractivity contribution in [2.24, 2.45) is 0 Å². The first-order valence-corrected chi connectivity index (χ1v) is 11.6. The molecule has 6 heteroatoms. The van der Waals surface area contributed by atoms with Crippen LogP contribution in [0.15, 0.2) is 30.6 Å². The molecule has 3 rings (SSSR count). The third-order valence-corrected chi connectivity index (χ3v) is 6.18. The monoisotopic (exact) mass is 432 g/mol. The van der Waals surface area contributed by atoms with Crippen molar-refractivity contribution in [2.45, 2.75) is 58.2 Å². The Balaban J connectivity index is 1.61. The van der Waals surface area contributed by atoms with E-state index in [0.717, 1.165) is 48.9 Å². The van der Waals surface area contributed by atoms with E-state index in [1.54, 1.807) is 0 Å². The zero-order valence-electron chi connectivity index (χ0n) is 18.8.